The van der Waals surface area contributed by atoms with Gasteiger partial charge in [-0.15, -0.1) is 11.3 Å². The van der Waals surface area contributed by atoms with Crippen molar-refractivity contribution >= 4 is 17.0 Å². The highest BCUT2D eigenvalue weighted by molar-refractivity contribution is 7.10. The minimum absolute atomic E-state index is 0.266. The predicted molar refractivity (Wildman–Crippen MR) is 69.2 cm³/mol. The van der Waals surface area contributed by atoms with E-state index in [0.29, 0.717) is 5.75 Å². The summed E-state index contributed by atoms with van der Waals surface area (Å²) in [4.78, 5) is 1.29. The molecule has 84 valence electrons. The van der Waals surface area contributed by atoms with Crippen molar-refractivity contribution in [3.05, 3.63) is 46.2 Å². The van der Waals surface area contributed by atoms with Crippen LogP contribution in [0.5, 0.6) is 5.75 Å². The predicted octanol–water partition coefficient (Wildman–Crippen LogP) is 3.94. The molecule has 0 radical (unpaired) electrons. The molecule has 1 heterocycles. The molecule has 0 aliphatic rings. The number of benzene rings is 1. The average Bonchev–Trinajstić information content (AvgIpc) is 2.77. The SMILES string of the molecule is Cc1ccc(NC(C)c2cccs2)cc1O. The van der Waals surface area contributed by atoms with Crippen LogP contribution in [0.2, 0.25) is 0 Å². The van der Waals surface area contributed by atoms with E-state index in [-0.39, 0.29) is 6.04 Å². The lowest BCUT2D eigenvalue weighted by Gasteiger charge is -2.14. The molecule has 1 unspecified atom stereocenters. The first-order chi connectivity index (χ1) is 7.66. The minimum Gasteiger partial charge on any atom is -0.508 e. The molecule has 2 N–H and O–H groups in total. The van der Waals surface area contributed by atoms with E-state index in [9.17, 15) is 5.11 Å². The van der Waals surface area contributed by atoms with Gasteiger partial charge in [-0.05, 0) is 36.9 Å². The van der Waals surface area contributed by atoms with Crippen molar-refractivity contribution in [3.63, 3.8) is 0 Å². The van der Waals surface area contributed by atoms with Gasteiger partial charge in [-0.3, -0.25) is 0 Å². The van der Waals surface area contributed by atoms with E-state index >= 15 is 0 Å². The number of phenolic OH excluding ortho intramolecular Hbond substituents is 1. The van der Waals surface area contributed by atoms with Crippen LogP contribution in [0.3, 0.4) is 0 Å². The molecule has 0 fully saturated rings. The molecule has 0 saturated carbocycles. The van der Waals surface area contributed by atoms with E-state index in [2.05, 4.69) is 23.7 Å². The third-order valence-electron chi connectivity index (χ3n) is 2.56. The first kappa shape index (κ1) is 11.0. The van der Waals surface area contributed by atoms with Crippen LogP contribution in [-0.2, 0) is 0 Å². The molecular weight excluding hydrogens is 218 g/mol. The summed E-state index contributed by atoms with van der Waals surface area (Å²) in [6.45, 7) is 4.00. The van der Waals surface area contributed by atoms with Crippen LogP contribution >= 0.6 is 11.3 Å². The molecule has 1 atom stereocenters. The number of phenols is 1. The molecule has 1 aromatic carbocycles. The van der Waals surface area contributed by atoms with Gasteiger partial charge in [-0.1, -0.05) is 12.1 Å². The fourth-order valence-electron chi connectivity index (χ4n) is 1.56. The number of aromatic hydroxyl groups is 1. The zero-order chi connectivity index (χ0) is 11.5. The van der Waals surface area contributed by atoms with Crippen LogP contribution in [0, 0.1) is 6.92 Å². The van der Waals surface area contributed by atoms with Crippen LogP contribution in [0.25, 0.3) is 0 Å². The topological polar surface area (TPSA) is 32.3 Å². The summed E-state index contributed by atoms with van der Waals surface area (Å²) in [6.07, 6.45) is 0. The zero-order valence-corrected chi connectivity index (χ0v) is 10.2. The van der Waals surface area contributed by atoms with Gasteiger partial charge in [0.2, 0.25) is 0 Å². The second kappa shape index (κ2) is 4.58. The first-order valence-corrected chi connectivity index (χ1v) is 6.14. The summed E-state index contributed by atoms with van der Waals surface area (Å²) in [7, 11) is 0. The Morgan fingerprint density at radius 1 is 1.31 bits per heavy atom. The number of aryl methyl sites for hydroxylation is 1. The second-order valence-electron chi connectivity index (χ2n) is 3.88. The summed E-state index contributed by atoms with van der Waals surface area (Å²) in [5, 5.41) is 15.0. The Hall–Kier alpha value is -1.48. The molecule has 1 aromatic heterocycles. The van der Waals surface area contributed by atoms with Crippen molar-refractivity contribution in [2.45, 2.75) is 19.9 Å². The van der Waals surface area contributed by atoms with Crippen molar-refractivity contribution in [2.75, 3.05) is 5.32 Å². The Morgan fingerprint density at radius 3 is 2.75 bits per heavy atom. The first-order valence-electron chi connectivity index (χ1n) is 5.26. The average molecular weight is 233 g/mol. The molecule has 0 bridgehead atoms. The van der Waals surface area contributed by atoms with E-state index in [0.717, 1.165) is 11.3 Å². The lowest BCUT2D eigenvalue weighted by atomic mass is 10.2. The zero-order valence-electron chi connectivity index (χ0n) is 9.40. The van der Waals surface area contributed by atoms with Gasteiger partial charge >= 0.3 is 0 Å². The fourth-order valence-corrected chi connectivity index (χ4v) is 2.29. The number of hydrogen-bond acceptors (Lipinski definition) is 3. The number of nitrogens with one attached hydrogen (secondary N) is 1. The van der Waals surface area contributed by atoms with Crippen LogP contribution in [0.4, 0.5) is 5.69 Å². The fraction of sp³-hybridized carbons (Fsp3) is 0.231. The Kier molecular flexibility index (Phi) is 3.15. The Labute approximate surface area is 99.6 Å². The van der Waals surface area contributed by atoms with Gasteiger partial charge in [-0.25, -0.2) is 0 Å². The summed E-state index contributed by atoms with van der Waals surface area (Å²) >= 11 is 1.73. The molecule has 2 rings (SSSR count). The van der Waals surface area contributed by atoms with Crippen molar-refractivity contribution in [3.8, 4) is 5.75 Å². The van der Waals surface area contributed by atoms with Crippen molar-refractivity contribution in [1.29, 1.82) is 0 Å². The van der Waals surface area contributed by atoms with Gasteiger partial charge in [0, 0.05) is 16.6 Å². The van der Waals surface area contributed by atoms with E-state index < -0.39 is 0 Å². The van der Waals surface area contributed by atoms with Gasteiger partial charge in [0.15, 0.2) is 0 Å². The maximum absolute atomic E-state index is 9.61. The molecule has 3 heteroatoms. The summed E-state index contributed by atoms with van der Waals surface area (Å²) in [6, 6.07) is 10.1. The number of anilines is 1. The highest BCUT2D eigenvalue weighted by Crippen LogP contribution is 2.26. The van der Waals surface area contributed by atoms with Gasteiger partial charge in [-0.2, -0.15) is 0 Å². The van der Waals surface area contributed by atoms with Crippen LogP contribution in [0.1, 0.15) is 23.4 Å². The van der Waals surface area contributed by atoms with E-state index in [1.807, 2.05) is 25.1 Å². The van der Waals surface area contributed by atoms with Gasteiger partial charge in [0.25, 0.3) is 0 Å². The number of hydrogen-bond donors (Lipinski definition) is 2. The number of thiophene rings is 1. The molecule has 16 heavy (non-hydrogen) atoms. The molecule has 0 amide bonds. The highest BCUT2D eigenvalue weighted by Gasteiger charge is 2.06. The van der Waals surface area contributed by atoms with Crippen LogP contribution in [-0.4, -0.2) is 5.11 Å². The lowest BCUT2D eigenvalue weighted by Crippen LogP contribution is -2.04. The monoisotopic (exact) mass is 233 g/mol. The third-order valence-corrected chi connectivity index (χ3v) is 3.62. The van der Waals surface area contributed by atoms with E-state index in [1.54, 1.807) is 17.4 Å². The smallest absolute Gasteiger partial charge is 0.120 e. The molecule has 0 spiro atoms. The molecule has 0 aliphatic carbocycles. The van der Waals surface area contributed by atoms with Gasteiger partial charge in [0.05, 0.1) is 6.04 Å². The summed E-state index contributed by atoms with van der Waals surface area (Å²) in [5.41, 5.74) is 1.85. The largest absolute Gasteiger partial charge is 0.508 e. The van der Waals surface area contributed by atoms with Crippen molar-refractivity contribution < 1.29 is 5.11 Å². The van der Waals surface area contributed by atoms with Gasteiger partial charge in [0.1, 0.15) is 5.75 Å². The molecule has 2 aromatic rings. The maximum atomic E-state index is 9.61. The Morgan fingerprint density at radius 2 is 2.12 bits per heavy atom. The van der Waals surface area contributed by atoms with Gasteiger partial charge < -0.3 is 10.4 Å². The van der Waals surface area contributed by atoms with Crippen molar-refractivity contribution in [1.82, 2.24) is 0 Å². The van der Waals surface area contributed by atoms with Crippen molar-refractivity contribution in [2.24, 2.45) is 0 Å². The molecule has 2 nitrogen and oxygen atoms in total. The molecule has 0 aliphatic heterocycles. The third kappa shape index (κ3) is 2.36. The summed E-state index contributed by atoms with van der Waals surface area (Å²) in [5.74, 6) is 0.336. The minimum atomic E-state index is 0.266. The molecule has 0 saturated heterocycles. The molecular formula is C13H15NOS. The normalized spacial score (nSPS) is 12.4. The maximum Gasteiger partial charge on any atom is 0.120 e. The number of rotatable bonds is 3. The Balaban J connectivity index is 2.12. The highest BCUT2D eigenvalue weighted by atomic mass is 32.1. The summed E-state index contributed by atoms with van der Waals surface area (Å²) < 4.78 is 0. The van der Waals surface area contributed by atoms with Crippen LogP contribution in [0.15, 0.2) is 35.7 Å². The standard InChI is InChI=1S/C13H15NOS/c1-9-5-6-11(8-12(9)15)14-10(2)13-4-3-7-16-13/h3-8,10,14-15H,1-2H3. The van der Waals surface area contributed by atoms with Crippen LogP contribution < -0.4 is 5.32 Å². The Bertz CT molecular complexity index is 465. The second-order valence-corrected chi connectivity index (χ2v) is 4.86. The van der Waals surface area contributed by atoms with E-state index in [4.69, 9.17) is 0 Å². The van der Waals surface area contributed by atoms with E-state index in [1.165, 1.54) is 4.88 Å². The lowest BCUT2D eigenvalue weighted by molar-refractivity contribution is 0.471. The quantitative estimate of drug-likeness (QED) is 0.841.